The molecule has 1 N–H and O–H groups in total. The fourth-order valence-corrected chi connectivity index (χ4v) is 2.53. The molecule has 0 saturated carbocycles. The minimum absolute atomic E-state index is 0.124. The Morgan fingerprint density at radius 1 is 1.60 bits per heavy atom. The topological polar surface area (TPSA) is 55.8 Å². The molecule has 0 aliphatic carbocycles. The third-order valence-corrected chi connectivity index (χ3v) is 3.51. The van der Waals surface area contributed by atoms with Gasteiger partial charge in [0.15, 0.2) is 6.10 Å². The highest BCUT2D eigenvalue weighted by Crippen LogP contribution is 2.23. The number of thioether (sulfide) groups is 1. The Bertz CT molecular complexity index is 198. The molecule has 0 amide bonds. The molecule has 1 saturated heterocycles. The third kappa shape index (κ3) is 4.86. The van der Waals surface area contributed by atoms with E-state index in [2.05, 4.69) is 0 Å². The highest BCUT2D eigenvalue weighted by molar-refractivity contribution is 7.99. The zero-order valence-electron chi connectivity index (χ0n) is 8.98. The first-order chi connectivity index (χ1) is 7.24. The van der Waals surface area contributed by atoms with Gasteiger partial charge in [-0.25, -0.2) is 4.79 Å². The van der Waals surface area contributed by atoms with Crippen molar-refractivity contribution in [2.24, 2.45) is 0 Å². The van der Waals surface area contributed by atoms with Crippen molar-refractivity contribution in [2.75, 3.05) is 25.2 Å². The van der Waals surface area contributed by atoms with E-state index in [1.54, 1.807) is 18.9 Å². The molecule has 1 aliphatic rings. The van der Waals surface area contributed by atoms with E-state index in [4.69, 9.17) is 14.6 Å². The van der Waals surface area contributed by atoms with Crippen LogP contribution in [0.1, 0.15) is 19.3 Å². The van der Waals surface area contributed by atoms with Crippen LogP contribution in [-0.4, -0.2) is 48.5 Å². The summed E-state index contributed by atoms with van der Waals surface area (Å²) in [6.07, 6.45) is 2.11. The van der Waals surface area contributed by atoms with Crippen LogP contribution >= 0.6 is 11.8 Å². The Hall–Kier alpha value is -0.260. The predicted octanol–water partition coefficient (Wildman–Crippen LogP) is 1.39. The van der Waals surface area contributed by atoms with Crippen LogP contribution in [0.4, 0.5) is 0 Å². The zero-order valence-corrected chi connectivity index (χ0v) is 9.79. The summed E-state index contributed by atoms with van der Waals surface area (Å²) in [4.78, 5) is 10.6. The number of methoxy groups -OCH3 is 1. The lowest BCUT2D eigenvalue weighted by atomic mass is 10.2. The van der Waals surface area contributed by atoms with Crippen molar-refractivity contribution in [1.29, 1.82) is 0 Å². The van der Waals surface area contributed by atoms with Gasteiger partial charge >= 0.3 is 5.97 Å². The van der Waals surface area contributed by atoms with E-state index >= 15 is 0 Å². The van der Waals surface area contributed by atoms with Crippen molar-refractivity contribution in [1.82, 2.24) is 0 Å². The van der Waals surface area contributed by atoms with Gasteiger partial charge in [-0.1, -0.05) is 0 Å². The molecule has 2 atom stereocenters. The highest BCUT2D eigenvalue weighted by atomic mass is 32.2. The fraction of sp³-hybridized carbons (Fsp3) is 0.900. The third-order valence-electron chi connectivity index (χ3n) is 2.32. The number of hydrogen-bond acceptors (Lipinski definition) is 4. The summed E-state index contributed by atoms with van der Waals surface area (Å²) in [5.74, 6) is 1.11. The van der Waals surface area contributed by atoms with E-state index in [1.807, 2.05) is 0 Å². The molecule has 1 heterocycles. The number of rotatable bonds is 7. The lowest BCUT2D eigenvalue weighted by Gasteiger charge is -2.10. The molecule has 0 aromatic heterocycles. The van der Waals surface area contributed by atoms with Crippen molar-refractivity contribution in [3.63, 3.8) is 0 Å². The van der Waals surface area contributed by atoms with Crippen LogP contribution in [0.3, 0.4) is 0 Å². The minimum Gasteiger partial charge on any atom is -0.479 e. The molecule has 0 aromatic rings. The number of aliphatic carboxylic acids is 1. The first-order valence-corrected chi connectivity index (χ1v) is 6.34. The Balaban J connectivity index is 2.01. The Morgan fingerprint density at radius 3 is 3.00 bits per heavy atom. The molecular formula is C10H18O4S. The number of carboxylic acid groups (broad SMARTS) is 1. The average molecular weight is 234 g/mol. The second kappa shape index (κ2) is 7.09. The van der Waals surface area contributed by atoms with Crippen molar-refractivity contribution >= 4 is 17.7 Å². The van der Waals surface area contributed by atoms with E-state index in [-0.39, 0.29) is 6.10 Å². The van der Waals surface area contributed by atoms with Crippen molar-refractivity contribution in [3.05, 3.63) is 0 Å². The normalized spacial score (nSPS) is 25.7. The maximum absolute atomic E-state index is 10.6. The van der Waals surface area contributed by atoms with Crippen LogP contribution in [-0.2, 0) is 14.3 Å². The Morgan fingerprint density at radius 2 is 2.40 bits per heavy atom. The summed E-state index contributed by atoms with van der Waals surface area (Å²) in [5.41, 5.74) is 0. The maximum Gasteiger partial charge on any atom is 0.332 e. The molecule has 0 radical (unpaired) electrons. The molecule has 0 aromatic carbocycles. The summed E-state index contributed by atoms with van der Waals surface area (Å²) < 4.78 is 10.3. The molecular weight excluding hydrogens is 216 g/mol. The van der Waals surface area contributed by atoms with Gasteiger partial charge in [0.2, 0.25) is 0 Å². The molecule has 2 unspecified atom stereocenters. The molecule has 0 spiro atoms. The zero-order chi connectivity index (χ0) is 11.1. The van der Waals surface area contributed by atoms with Crippen molar-refractivity contribution in [3.8, 4) is 0 Å². The van der Waals surface area contributed by atoms with Crippen molar-refractivity contribution in [2.45, 2.75) is 31.5 Å². The molecule has 4 nitrogen and oxygen atoms in total. The van der Waals surface area contributed by atoms with Gasteiger partial charge in [0.05, 0.1) is 6.10 Å². The minimum atomic E-state index is -0.832. The van der Waals surface area contributed by atoms with E-state index < -0.39 is 12.1 Å². The summed E-state index contributed by atoms with van der Waals surface area (Å²) in [5, 5.41) is 8.72. The fourth-order valence-electron chi connectivity index (χ4n) is 1.53. The van der Waals surface area contributed by atoms with Gasteiger partial charge in [0, 0.05) is 19.5 Å². The van der Waals surface area contributed by atoms with Gasteiger partial charge in [-0.15, -0.1) is 0 Å². The standard InChI is InChI=1S/C10H18O4S/c1-13-5-2-6-15-7-8-3-4-9(14-8)10(11)12/h8-9H,2-7H2,1H3,(H,11,12). The van der Waals surface area contributed by atoms with Crippen LogP contribution in [0.15, 0.2) is 0 Å². The molecule has 1 aliphatic heterocycles. The SMILES string of the molecule is COCCCSCC1CCC(C(=O)O)O1. The molecule has 5 heteroatoms. The van der Waals surface area contributed by atoms with Crippen LogP contribution in [0.25, 0.3) is 0 Å². The van der Waals surface area contributed by atoms with Crippen LogP contribution in [0, 0.1) is 0 Å². The molecule has 1 rings (SSSR count). The Labute approximate surface area is 94.3 Å². The average Bonchev–Trinajstić information content (AvgIpc) is 2.66. The van der Waals surface area contributed by atoms with E-state index in [0.29, 0.717) is 6.42 Å². The first kappa shape index (κ1) is 12.8. The van der Waals surface area contributed by atoms with E-state index in [1.165, 1.54) is 0 Å². The summed E-state index contributed by atoms with van der Waals surface area (Å²) >= 11 is 1.81. The van der Waals surface area contributed by atoms with Gasteiger partial charge in [-0.05, 0) is 25.0 Å². The number of carbonyl (C=O) groups is 1. The largest absolute Gasteiger partial charge is 0.479 e. The lowest BCUT2D eigenvalue weighted by molar-refractivity contribution is -0.148. The highest BCUT2D eigenvalue weighted by Gasteiger charge is 2.29. The lowest BCUT2D eigenvalue weighted by Crippen LogP contribution is -2.21. The number of hydrogen-bond donors (Lipinski definition) is 1. The van der Waals surface area contributed by atoms with Crippen LogP contribution in [0.2, 0.25) is 0 Å². The maximum atomic E-state index is 10.6. The van der Waals surface area contributed by atoms with Crippen LogP contribution in [0.5, 0.6) is 0 Å². The predicted molar refractivity (Wildman–Crippen MR) is 59.3 cm³/mol. The van der Waals surface area contributed by atoms with Gasteiger partial charge < -0.3 is 14.6 Å². The molecule has 0 bridgehead atoms. The number of ether oxygens (including phenoxy) is 2. The number of carboxylic acids is 1. The summed E-state index contributed by atoms with van der Waals surface area (Å²) in [6.45, 7) is 0.788. The van der Waals surface area contributed by atoms with Crippen molar-refractivity contribution < 1.29 is 19.4 Å². The van der Waals surface area contributed by atoms with E-state index in [0.717, 1.165) is 31.0 Å². The van der Waals surface area contributed by atoms with Gasteiger partial charge in [-0.2, -0.15) is 11.8 Å². The van der Waals surface area contributed by atoms with Gasteiger partial charge in [0.25, 0.3) is 0 Å². The smallest absolute Gasteiger partial charge is 0.332 e. The molecule has 88 valence electrons. The second-order valence-corrected chi connectivity index (χ2v) is 4.73. The second-order valence-electron chi connectivity index (χ2n) is 3.58. The first-order valence-electron chi connectivity index (χ1n) is 5.19. The van der Waals surface area contributed by atoms with E-state index in [9.17, 15) is 4.79 Å². The monoisotopic (exact) mass is 234 g/mol. The summed E-state index contributed by atoms with van der Waals surface area (Å²) in [6, 6.07) is 0. The van der Waals surface area contributed by atoms with Crippen LogP contribution < -0.4 is 0 Å². The summed E-state index contributed by atoms with van der Waals surface area (Å²) in [7, 11) is 1.70. The van der Waals surface area contributed by atoms with Gasteiger partial charge in [-0.3, -0.25) is 0 Å². The van der Waals surface area contributed by atoms with Gasteiger partial charge in [0.1, 0.15) is 0 Å². The quantitative estimate of drug-likeness (QED) is 0.675. The molecule has 15 heavy (non-hydrogen) atoms. The Kier molecular flexibility index (Phi) is 6.05. The molecule has 1 fully saturated rings.